The van der Waals surface area contributed by atoms with Crippen molar-refractivity contribution in [2.45, 2.75) is 19.8 Å². The average Bonchev–Trinajstić information content (AvgIpc) is 2.94. The van der Waals surface area contributed by atoms with E-state index in [4.69, 9.17) is 0 Å². The van der Waals surface area contributed by atoms with Gasteiger partial charge >= 0.3 is 0 Å². The smallest absolute Gasteiger partial charge is 0.159 e. The Hall–Kier alpha value is -2.70. The molecule has 7 heteroatoms. The standard InChI is InChI=1S/C15H15FN6/c1-9-4-17-15(10(2)14-18-5-11(16)6-19-14)21-13(9)12-7-22(3)8-20-12/h4-8,10H,1-3H3/t10-/m1/s1. The Morgan fingerprint density at radius 1 is 1.05 bits per heavy atom. The predicted octanol–water partition coefficient (Wildman–Crippen LogP) is 2.27. The maximum atomic E-state index is 12.9. The first kappa shape index (κ1) is 14.2. The summed E-state index contributed by atoms with van der Waals surface area (Å²) in [5.74, 6) is 0.369. The highest BCUT2D eigenvalue weighted by Gasteiger charge is 2.17. The third kappa shape index (κ3) is 2.69. The van der Waals surface area contributed by atoms with Crippen molar-refractivity contribution in [3.63, 3.8) is 0 Å². The molecule has 0 spiro atoms. The minimum atomic E-state index is -0.463. The highest BCUT2D eigenvalue weighted by atomic mass is 19.1. The molecule has 0 saturated carbocycles. The predicted molar refractivity (Wildman–Crippen MR) is 78.5 cm³/mol. The number of aryl methyl sites for hydroxylation is 2. The first-order valence-corrected chi connectivity index (χ1v) is 6.84. The van der Waals surface area contributed by atoms with Gasteiger partial charge in [0.25, 0.3) is 0 Å². The van der Waals surface area contributed by atoms with E-state index in [-0.39, 0.29) is 5.92 Å². The van der Waals surface area contributed by atoms with Crippen LogP contribution in [-0.4, -0.2) is 29.5 Å². The molecule has 0 unspecified atom stereocenters. The van der Waals surface area contributed by atoms with Crippen molar-refractivity contribution in [3.05, 3.63) is 54.1 Å². The molecular weight excluding hydrogens is 283 g/mol. The first-order chi connectivity index (χ1) is 10.5. The topological polar surface area (TPSA) is 69.4 Å². The van der Waals surface area contributed by atoms with E-state index in [1.807, 2.05) is 31.7 Å². The van der Waals surface area contributed by atoms with E-state index < -0.39 is 5.82 Å². The molecule has 0 bridgehead atoms. The fourth-order valence-corrected chi connectivity index (χ4v) is 2.12. The van der Waals surface area contributed by atoms with Crippen molar-refractivity contribution in [2.75, 3.05) is 0 Å². The van der Waals surface area contributed by atoms with Gasteiger partial charge in [0, 0.05) is 19.4 Å². The second kappa shape index (κ2) is 5.59. The summed E-state index contributed by atoms with van der Waals surface area (Å²) in [6, 6.07) is 0. The van der Waals surface area contributed by atoms with Crippen molar-refractivity contribution >= 4 is 0 Å². The summed E-state index contributed by atoms with van der Waals surface area (Å²) in [7, 11) is 1.91. The Labute approximate surface area is 127 Å². The molecular formula is C15H15FN6. The second-order valence-electron chi connectivity index (χ2n) is 5.17. The van der Waals surface area contributed by atoms with Gasteiger partial charge in [0.05, 0.1) is 30.3 Å². The van der Waals surface area contributed by atoms with Crippen molar-refractivity contribution in [1.29, 1.82) is 0 Å². The molecule has 3 rings (SSSR count). The van der Waals surface area contributed by atoms with E-state index in [0.29, 0.717) is 11.6 Å². The van der Waals surface area contributed by atoms with Gasteiger partial charge in [-0.25, -0.2) is 29.3 Å². The summed E-state index contributed by atoms with van der Waals surface area (Å²) < 4.78 is 14.8. The average molecular weight is 298 g/mol. The number of hydrogen-bond donors (Lipinski definition) is 0. The van der Waals surface area contributed by atoms with E-state index in [0.717, 1.165) is 29.3 Å². The molecule has 0 radical (unpaired) electrons. The van der Waals surface area contributed by atoms with Gasteiger partial charge in [-0.1, -0.05) is 0 Å². The molecule has 3 aromatic rings. The van der Waals surface area contributed by atoms with E-state index in [9.17, 15) is 4.39 Å². The van der Waals surface area contributed by atoms with Crippen molar-refractivity contribution in [1.82, 2.24) is 29.5 Å². The zero-order valence-electron chi connectivity index (χ0n) is 12.5. The highest BCUT2D eigenvalue weighted by molar-refractivity contribution is 5.57. The number of aromatic nitrogens is 6. The van der Waals surface area contributed by atoms with Gasteiger partial charge in [-0.05, 0) is 19.4 Å². The van der Waals surface area contributed by atoms with Gasteiger partial charge in [0.15, 0.2) is 5.82 Å². The van der Waals surface area contributed by atoms with E-state index in [2.05, 4.69) is 24.9 Å². The molecule has 1 atom stereocenters. The van der Waals surface area contributed by atoms with Gasteiger partial charge in [-0.3, -0.25) is 0 Å². The summed E-state index contributed by atoms with van der Waals surface area (Å²) in [5.41, 5.74) is 2.50. The van der Waals surface area contributed by atoms with Crippen molar-refractivity contribution in [2.24, 2.45) is 7.05 Å². The van der Waals surface area contributed by atoms with Crippen molar-refractivity contribution in [3.8, 4) is 11.4 Å². The van der Waals surface area contributed by atoms with Gasteiger partial charge in [0.2, 0.25) is 0 Å². The number of nitrogens with zero attached hydrogens (tertiary/aromatic N) is 6. The Balaban J connectivity index is 1.99. The van der Waals surface area contributed by atoms with E-state index in [1.54, 1.807) is 12.5 Å². The van der Waals surface area contributed by atoms with Crippen LogP contribution < -0.4 is 0 Å². The Morgan fingerprint density at radius 3 is 2.36 bits per heavy atom. The molecule has 0 N–H and O–H groups in total. The van der Waals surface area contributed by atoms with Crippen LogP contribution in [0.25, 0.3) is 11.4 Å². The van der Waals surface area contributed by atoms with Gasteiger partial charge < -0.3 is 4.57 Å². The molecule has 0 aliphatic carbocycles. The van der Waals surface area contributed by atoms with Crippen LogP contribution in [0, 0.1) is 12.7 Å². The fourth-order valence-electron chi connectivity index (χ4n) is 2.12. The zero-order chi connectivity index (χ0) is 15.7. The summed E-state index contributed by atoms with van der Waals surface area (Å²) >= 11 is 0. The molecule has 6 nitrogen and oxygen atoms in total. The summed E-state index contributed by atoms with van der Waals surface area (Å²) in [6.07, 6.45) is 7.67. The first-order valence-electron chi connectivity index (χ1n) is 6.84. The Kier molecular flexibility index (Phi) is 3.62. The lowest BCUT2D eigenvalue weighted by atomic mass is 10.1. The SMILES string of the molecule is Cc1cnc([C@H](C)c2ncc(F)cn2)nc1-c1cn(C)cn1. The molecule has 0 aliphatic heterocycles. The maximum absolute atomic E-state index is 12.9. The molecule has 0 aliphatic rings. The molecule has 0 amide bonds. The lowest BCUT2D eigenvalue weighted by molar-refractivity contribution is 0.603. The molecule has 3 aromatic heterocycles. The second-order valence-corrected chi connectivity index (χ2v) is 5.17. The summed E-state index contributed by atoms with van der Waals surface area (Å²) in [5, 5.41) is 0. The quantitative estimate of drug-likeness (QED) is 0.742. The zero-order valence-corrected chi connectivity index (χ0v) is 12.5. The number of imidazole rings is 1. The molecule has 3 heterocycles. The third-order valence-electron chi connectivity index (χ3n) is 3.35. The lowest BCUT2D eigenvalue weighted by Gasteiger charge is -2.10. The molecule has 0 aromatic carbocycles. The summed E-state index contributed by atoms with van der Waals surface area (Å²) in [6.45, 7) is 3.83. The Morgan fingerprint density at radius 2 is 1.73 bits per heavy atom. The molecule has 112 valence electrons. The van der Waals surface area contributed by atoms with Gasteiger partial charge in [-0.2, -0.15) is 0 Å². The van der Waals surface area contributed by atoms with Crippen molar-refractivity contribution < 1.29 is 4.39 Å². The van der Waals surface area contributed by atoms with Crippen LogP contribution in [0.5, 0.6) is 0 Å². The van der Waals surface area contributed by atoms with Crippen LogP contribution in [0.15, 0.2) is 31.1 Å². The van der Waals surface area contributed by atoms with Gasteiger partial charge in [0.1, 0.15) is 17.3 Å². The fraction of sp³-hybridized carbons (Fsp3) is 0.267. The largest absolute Gasteiger partial charge is 0.340 e. The van der Waals surface area contributed by atoms with Crippen LogP contribution in [-0.2, 0) is 7.05 Å². The summed E-state index contributed by atoms with van der Waals surface area (Å²) in [4.78, 5) is 21.3. The molecule has 22 heavy (non-hydrogen) atoms. The van der Waals surface area contributed by atoms with Crippen LogP contribution in [0.1, 0.15) is 30.1 Å². The van der Waals surface area contributed by atoms with Crippen LogP contribution in [0.2, 0.25) is 0 Å². The molecule has 0 fully saturated rings. The monoisotopic (exact) mass is 298 g/mol. The number of hydrogen-bond acceptors (Lipinski definition) is 5. The minimum Gasteiger partial charge on any atom is -0.340 e. The maximum Gasteiger partial charge on any atom is 0.159 e. The normalized spacial score (nSPS) is 12.4. The van der Waals surface area contributed by atoms with E-state index >= 15 is 0 Å². The minimum absolute atomic E-state index is 0.233. The number of rotatable bonds is 3. The van der Waals surface area contributed by atoms with Crippen LogP contribution in [0.3, 0.4) is 0 Å². The Bertz CT molecular complexity index is 796. The van der Waals surface area contributed by atoms with Crippen LogP contribution in [0.4, 0.5) is 4.39 Å². The van der Waals surface area contributed by atoms with E-state index in [1.165, 1.54) is 0 Å². The highest BCUT2D eigenvalue weighted by Crippen LogP contribution is 2.23. The lowest BCUT2D eigenvalue weighted by Crippen LogP contribution is -2.08. The van der Waals surface area contributed by atoms with Gasteiger partial charge in [-0.15, -0.1) is 0 Å². The number of halogens is 1. The third-order valence-corrected chi connectivity index (χ3v) is 3.35. The van der Waals surface area contributed by atoms with Crippen LogP contribution >= 0.6 is 0 Å². The molecule has 0 saturated heterocycles.